The first kappa shape index (κ1) is 11.5. The van der Waals surface area contributed by atoms with Crippen molar-refractivity contribution in [1.29, 1.82) is 5.41 Å². The molecule has 0 aliphatic rings. The average Bonchev–Trinajstić information content (AvgIpc) is 2.50. The Labute approximate surface area is 84.7 Å². The first-order chi connectivity index (χ1) is 6.86. The van der Waals surface area contributed by atoms with Gasteiger partial charge in [-0.15, -0.1) is 0 Å². The van der Waals surface area contributed by atoms with Crippen LogP contribution in [0.4, 0.5) is 13.2 Å². The lowest BCUT2D eigenvalue weighted by atomic mass is 10.1. The van der Waals surface area contributed by atoms with Crippen LogP contribution >= 0.6 is 0 Å². The molecule has 0 bridgehead atoms. The molecule has 0 radical (unpaired) electrons. The number of aromatic nitrogens is 2. The fourth-order valence-corrected chi connectivity index (χ4v) is 1.16. The molecular weight excluding hydrogens is 207 g/mol. The largest absolute Gasteiger partial charge is 0.418 e. The number of hydrogen-bond donors (Lipinski definition) is 1. The summed E-state index contributed by atoms with van der Waals surface area (Å²) < 4.78 is 38.6. The van der Waals surface area contributed by atoms with E-state index in [1.807, 2.05) is 0 Å². The van der Waals surface area contributed by atoms with E-state index in [0.717, 1.165) is 6.08 Å². The van der Waals surface area contributed by atoms with Gasteiger partial charge < -0.3 is 0 Å². The third-order valence-corrected chi connectivity index (χ3v) is 1.86. The molecule has 1 rings (SSSR count). The Morgan fingerprint density at radius 1 is 1.53 bits per heavy atom. The maximum Gasteiger partial charge on any atom is 0.418 e. The van der Waals surface area contributed by atoms with E-state index < -0.39 is 17.5 Å². The van der Waals surface area contributed by atoms with Crippen LogP contribution in [0.1, 0.15) is 12.5 Å². The molecule has 0 aliphatic carbocycles. The molecule has 0 aromatic carbocycles. The molecule has 0 amide bonds. The molecule has 0 atom stereocenters. The molecule has 0 aliphatic heterocycles. The van der Waals surface area contributed by atoms with Crippen LogP contribution in [0.2, 0.25) is 0 Å². The zero-order valence-electron chi connectivity index (χ0n) is 8.26. The van der Waals surface area contributed by atoms with E-state index in [-0.39, 0.29) is 5.56 Å². The highest BCUT2D eigenvalue weighted by atomic mass is 19.4. The topological polar surface area (TPSA) is 41.7 Å². The van der Waals surface area contributed by atoms with Gasteiger partial charge in [-0.3, -0.25) is 10.1 Å². The van der Waals surface area contributed by atoms with Crippen LogP contribution < -0.4 is 0 Å². The Balaban J connectivity index is 3.04. The molecule has 15 heavy (non-hydrogen) atoms. The standard InChI is InChI=1S/C9H10F3N3/c1-3-7(9(10,11)12)8(13)6-4-14-15(2)5-6/h3-5,13H,1-2H3/b7-3+,13-8?. The van der Waals surface area contributed by atoms with Gasteiger partial charge in [-0.05, 0) is 6.92 Å². The molecule has 0 spiro atoms. The van der Waals surface area contributed by atoms with Crippen LogP contribution in [0.15, 0.2) is 24.0 Å². The van der Waals surface area contributed by atoms with Crippen molar-refractivity contribution in [3.8, 4) is 0 Å². The fourth-order valence-electron chi connectivity index (χ4n) is 1.16. The second-order valence-corrected chi connectivity index (χ2v) is 2.98. The Hall–Kier alpha value is -1.59. The van der Waals surface area contributed by atoms with Crippen LogP contribution in [-0.2, 0) is 7.05 Å². The van der Waals surface area contributed by atoms with Gasteiger partial charge in [-0.25, -0.2) is 0 Å². The van der Waals surface area contributed by atoms with E-state index in [4.69, 9.17) is 5.41 Å². The Morgan fingerprint density at radius 2 is 2.13 bits per heavy atom. The monoisotopic (exact) mass is 217 g/mol. The zero-order chi connectivity index (χ0) is 11.6. The summed E-state index contributed by atoms with van der Waals surface area (Å²) in [6.45, 7) is 1.26. The van der Waals surface area contributed by atoms with Gasteiger partial charge in [0.1, 0.15) is 0 Å². The van der Waals surface area contributed by atoms with E-state index in [2.05, 4.69) is 5.10 Å². The third kappa shape index (κ3) is 2.45. The van der Waals surface area contributed by atoms with E-state index >= 15 is 0 Å². The second kappa shape index (κ2) is 3.88. The molecule has 3 nitrogen and oxygen atoms in total. The summed E-state index contributed by atoms with van der Waals surface area (Å²) in [5.41, 5.74) is -1.35. The maximum atomic E-state index is 12.4. The normalized spacial score (nSPS) is 13.0. The highest BCUT2D eigenvalue weighted by Gasteiger charge is 2.36. The Morgan fingerprint density at radius 3 is 2.47 bits per heavy atom. The van der Waals surface area contributed by atoms with Crippen LogP contribution in [0, 0.1) is 5.41 Å². The zero-order valence-corrected chi connectivity index (χ0v) is 8.26. The lowest BCUT2D eigenvalue weighted by molar-refractivity contribution is -0.0861. The summed E-state index contributed by atoms with van der Waals surface area (Å²) in [7, 11) is 1.58. The second-order valence-electron chi connectivity index (χ2n) is 2.98. The van der Waals surface area contributed by atoms with Gasteiger partial charge in [0.05, 0.1) is 17.5 Å². The van der Waals surface area contributed by atoms with E-state index in [9.17, 15) is 13.2 Å². The Kier molecular flexibility index (Phi) is 2.97. The van der Waals surface area contributed by atoms with Gasteiger partial charge in [0.15, 0.2) is 0 Å². The molecule has 1 aromatic rings. The van der Waals surface area contributed by atoms with E-state index in [0.29, 0.717) is 0 Å². The minimum absolute atomic E-state index is 0.155. The smallest absolute Gasteiger partial charge is 0.300 e. The molecule has 1 N–H and O–H groups in total. The van der Waals surface area contributed by atoms with E-state index in [1.165, 1.54) is 24.0 Å². The molecule has 0 unspecified atom stereocenters. The minimum Gasteiger partial charge on any atom is -0.300 e. The summed E-state index contributed by atoms with van der Waals surface area (Å²) >= 11 is 0. The third-order valence-electron chi connectivity index (χ3n) is 1.86. The van der Waals surface area contributed by atoms with Gasteiger partial charge >= 0.3 is 6.18 Å². The lowest BCUT2D eigenvalue weighted by Gasteiger charge is -2.10. The van der Waals surface area contributed by atoms with Crippen molar-refractivity contribution < 1.29 is 13.2 Å². The molecule has 0 fully saturated rings. The van der Waals surface area contributed by atoms with Crippen LogP contribution in [0.5, 0.6) is 0 Å². The molecular formula is C9H10F3N3. The molecule has 1 heterocycles. The predicted molar refractivity (Wildman–Crippen MR) is 49.8 cm³/mol. The maximum absolute atomic E-state index is 12.4. The predicted octanol–water partition coefficient (Wildman–Crippen LogP) is 2.30. The first-order valence-electron chi connectivity index (χ1n) is 4.17. The van der Waals surface area contributed by atoms with Gasteiger partial charge in [-0.2, -0.15) is 18.3 Å². The average molecular weight is 217 g/mol. The highest BCUT2D eigenvalue weighted by Crippen LogP contribution is 2.28. The van der Waals surface area contributed by atoms with Gasteiger partial charge in [-0.1, -0.05) is 6.08 Å². The van der Waals surface area contributed by atoms with Gasteiger partial charge in [0.2, 0.25) is 0 Å². The van der Waals surface area contributed by atoms with Crippen molar-refractivity contribution in [2.45, 2.75) is 13.1 Å². The number of hydrogen-bond acceptors (Lipinski definition) is 2. The van der Waals surface area contributed by atoms with Crippen LogP contribution in [0.3, 0.4) is 0 Å². The quantitative estimate of drug-likeness (QED) is 0.759. The molecule has 0 saturated carbocycles. The number of alkyl halides is 3. The molecule has 6 heteroatoms. The van der Waals surface area contributed by atoms with Crippen molar-refractivity contribution in [2.75, 3.05) is 0 Å². The number of rotatable bonds is 2. The fraction of sp³-hybridized carbons (Fsp3) is 0.333. The van der Waals surface area contributed by atoms with Crippen molar-refractivity contribution in [3.05, 3.63) is 29.6 Å². The number of nitrogens with one attached hydrogen (secondary N) is 1. The number of aryl methyl sites for hydroxylation is 1. The summed E-state index contributed by atoms with van der Waals surface area (Å²) in [6.07, 6.45) is -1.01. The van der Waals surface area contributed by atoms with Crippen molar-refractivity contribution in [3.63, 3.8) is 0 Å². The minimum atomic E-state index is -4.50. The summed E-state index contributed by atoms with van der Waals surface area (Å²) in [5, 5.41) is 11.1. The van der Waals surface area contributed by atoms with Crippen molar-refractivity contribution >= 4 is 5.71 Å². The number of allylic oxidation sites excluding steroid dienone is 2. The molecule has 0 saturated heterocycles. The molecule has 82 valence electrons. The lowest BCUT2D eigenvalue weighted by Crippen LogP contribution is -2.19. The van der Waals surface area contributed by atoms with Gasteiger partial charge in [0, 0.05) is 18.8 Å². The molecule has 1 aromatic heterocycles. The number of halogens is 3. The van der Waals surface area contributed by atoms with Crippen molar-refractivity contribution in [2.24, 2.45) is 7.05 Å². The Bertz CT molecular complexity index is 401. The number of nitrogens with zero attached hydrogens (tertiary/aromatic N) is 2. The van der Waals surface area contributed by atoms with Crippen LogP contribution in [-0.4, -0.2) is 21.7 Å². The summed E-state index contributed by atoms with van der Waals surface area (Å²) in [5.74, 6) is 0. The first-order valence-corrected chi connectivity index (χ1v) is 4.17. The summed E-state index contributed by atoms with van der Waals surface area (Å²) in [4.78, 5) is 0. The van der Waals surface area contributed by atoms with Gasteiger partial charge in [0.25, 0.3) is 0 Å². The highest BCUT2D eigenvalue weighted by molar-refractivity contribution is 6.11. The SMILES string of the molecule is C/C=C(\C(=N)c1cnn(C)c1)C(F)(F)F. The van der Waals surface area contributed by atoms with Crippen LogP contribution in [0.25, 0.3) is 0 Å². The van der Waals surface area contributed by atoms with E-state index in [1.54, 1.807) is 7.05 Å². The summed E-state index contributed by atoms with van der Waals surface area (Å²) in [6, 6.07) is 0. The van der Waals surface area contributed by atoms with Crippen molar-refractivity contribution in [1.82, 2.24) is 9.78 Å².